The van der Waals surface area contributed by atoms with Gasteiger partial charge in [-0.25, -0.2) is 13.8 Å². The lowest BCUT2D eigenvalue weighted by atomic mass is 10.1. The lowest BCUT2D eigenvalue weighted by Crippen LogP contribution is -2.04. The molecule has 0 spiro atoms. The van der Waals surface area contributed by atoms with Crippen LogP contribution in [0.25, 0.3) is 22.4 Å². The van der Waals surface area contributed by atoms with Crippen molar-refractivity contribution < 1.29 is 13.5 Å². The maximum absolute atomic E-state index is 14.0. The van der Waals surface area contributed by atoms with E-state index in [1.807, 2.05) is 6.07 Å². The molecule has 29 heavy (non-hydrogen) atoms. The topological polar surface area (TPSA) is 50.8 Å². The molecule has 0 amide bonds. The number of halogens is 3. The lowest BCUT2D eigenvalue weighted by molar-refractivity contribution is 0.416. The zero-order valence-corrected chi connectivity index (χ0v) is 16.0. The van der Waals surface area contributed by atoms with E-state index in [0.717, 1.165) is 17.7 Å². The van der Waals surface area contributed by atoms with Crippen LogP contribution in [0, 0.1) is 23.0 Å². The Morgan fingerprint density at radius 3 is 2.66 bits per heavy atom. The van der Waals surface area contributed by atoms with E-state index in [0.29, 0.717) is 45.3 Å². The van der Waals surface area contributed by atoms with Gasteiger partial charge in [-0.2, -0.15) is 5.26 Å². The standard InChI is InChI=1S/C22H14ClF2N3O/c1-29-21-8-15(23)5-6-16(21)22-27-19-9-17(24)18(25)10-20(19)28(22)12-14-4-2-3-13(7-14)11-26/h2-10H,12H2,1H3. The van der Waals surface area contributed by atoms with E-state index in [1.165, 1.54) is 7.11 Å². The molecule has 0 fully saturated rings. The molecule has 0 saturated carbocycles. The fraction of sp³-hybridized carbons (Fsp3) is 0.0909. The average Bonchev–Trinajstić information content (AvgIpc) is 3.05. The van der Waals surface area contributed by atoms with Crippen LogP contribution in [0.3, 0.4) is 0 Å². The van der Waals surface area contributed by atoms with Crippen molar-refractivity contribution in [3.63, 3.8) is 0 Å². The van der Waals surface area contributed by atoms with Crippen LogP contribution in [0.4, 0.5) is 8.78 Å². The van der Waals surface area contributed by atoms with Crippen LogP contribution in [0.1, 0.15) is 11.1 Å². The summed E-state index contributed by atoms with van der Waals surface area (Å²) < 4.78 is 35.0. The third-order valence-electron chi connectivity index (χ3n) is 4.59. The molecule has 0 radical (unpaired) electrons. The predicted octanol–water partition coefficient (Wildman–Crippen LogP) is 5.56. The number of rotatable bonds is 4. The zero-order valence-electron chi connectivity index (χ0n) is 15.3. The zero-order chi connectivity index (χ0) is 20.5. The van der Waals surface area contributed by atoms with E-state index in [4.69, 9.17) is 21.6 Å². The number of nitrogens with zero attached hydrogens (tertiary/aromatic N) is 3. The molecule has 0 aliphatic heterocycles. The molecule has 0 aliphatic carbocycles. The van der Waals surface area contributed by atoms with E-state index in [9.17, 15) is 8.78 Å². The molecule has 4 aromatic rings. The van der Waals surface area contributed by atoms with Gasteiger partial charge in [0.2, 0.25) is 0 Å². The van der Waals surface area contributed by atoms with E-state index in [-0.39, 0.29) is 0 Å². The molecule has 4 rings (SSSR count). The molecule has 1 aromatic heterocycles. The van der Waals surface area contributed by atoms with E-state index < -0.39 is 11.6 Å². The summed E-state index contributed by atoms with van der Waals surface area (Å²) in [5.41, 5.74) is 2.70. The largest absolute Gasteiger partial charge is 0.496 e. The van der Waals surface area contributed by atoms with Gasteiger partial charge in [0.15, 0.2) is 11.6 Å². The first-order valence-corrected chi connectivity index (χ1v) is 9.06. The van der Waals surface area contributed by atoms with Gasteiger partial charge in [-0.3, -0.25) is 0 Å². The number of methoxy groups -OCH3 is 1. The summed E-state index contributed by atoms with van der Waals surface area (Å²) in [6.45, 7) is 0.304. The van der Waals surface area contributed by atoms with E-state index >= 15 is 0 Å². The van der Waals surface area contributed by atoms with Crippen molar-refractivity contribution in [2.24, 2.45) is 0 Å². The lowest BCUT2D eigenvalue weighted by Gasteiger charge is -2.13. The SMILES string of the molecule is COc1cc(Cl)ccc1-c1nc2cc(F)c(F)cc2n1Cc1cccc(C#N)c1. The van der Waals surface area contributed by atoms with Gasteiger partial charge in [-0.15, -0.1) is 0 Å². The Kier molecular flexibility index (Phi) is 4.91. The number of hydrogen-bond donors (Lipinski definition) is 0. The minimum Gasteiger partial charge on any atom is -0.496 e. The van der Waals surface area contributed by atoms with Gasteiger partial charge in [0, 0.05) is 23.7 Å². The maximum atomic E-state index is 14.0. The quantitative estimate of drug-likeness (QED) is 0.443. The van der Waals surface area contributed by atoms with E-state index in [1.54, 1.807) is 41.0 Å². The van der Waals surface area contributed by atoms with Gasteiger partial charge >= 0.3 is 0 Å². The van der Waals surface area contributed by atoms with Crippen molar-refractivity contribution >= 4 is 22.6 Å². The molecule has 7 heteroatoms. The smallest absolute Gasteiger partial charge is 0.161 e. The number of hydrogen-bond acceptors (Lipinski definition) is 3. The average molecular weight is 410 g/mol. The molecule has 0 saturated heterocycles. The second-order valence-corrected chi connectivity index (χ2v) is 6.87. The monoisotopic (exact) mass is 409 g/mol. The fourth-order valence-electron chi connectivity index (χ4n) is 3.26. The fourth-order valence-corrected chi connectivity index (χ4v) is 3.42. The first-order chi connectivity index (χ1) is 14.0. The highest BCUT2D eigenvalue weighted by atomic mass is 35.5. The molecular formula is C22H14ClF2N3O. The number of nitriles is 1. The molecule has 3 aromatic carbocycles. The van der Waals surface area contributed by atoms with Gasteiger partial charge in [-0.1, -0.05) is 23.7 Å². The summed E-state index contributed by atoms with van der Waals surface area (Å²) in [5.74, 6) is -0.969. The molecule has 0 unspecified atom stereocenters. The van der Waals surface area contributed by atoms with Gasteiger partial charge in [-0.05, 0) is 35.9 Å². The summed E-state index contributed by atoms with van der Waals surface area (Å²) in [5, 5.41) is 9.66. The van der Waals surface area contributed by atoms with Gasteiger partial charge in [0.25, 0.3) is 0 Å². The minimum atomic E-state index is -0.969. The van der Waals surface area contributed by atoms with Gasteiger partial charge in [0.1, 0.15) is 11.6 Å². The first-order valence-electron chi connectivity index (χ1n) is 8.68. The molecule has 4 nitrogen and oxygen atoms in total. The number of benzene rings is 3. The third kappa shape index (κ3) is 3.53. The molecule has 0 bridgehead atoms. The normalized spacial score (nSPS) is 10.9. The van der Waals surface area contributed by atoms with Gasteiger partial charge < -0.3 is 9.30 Å². The second-order valence-electron chi connectivity index (χ2n) is 6.43. The highest BCUT2D eigenvalue weighted by molar-refractivity contribution is 6.30. The highest BCUT2D eigenvalue weighted by Crippen LogP contribution is 2.35. The van der Waals surface area contributed by atoms with Crippen LogP contribution in [0.15, 0.2) is 54.6 Å². The number of ether oxygens (including phenoxy) is 1. The third-order valence-corrected chi connectivity index (χ3v) is 4.83. The number of imidazole rings is 1. The summed E-state index contributed by atoms with van der Waals surface area (Å²) in [6, 6.07) is 16.5. The Labute approximate surface area is 170 Å². The summed E-state index contributed by atoms with van der Waals surface area (Å²) >= 11 is 6.07. The summed E-state index contributed by atoms with van der Waals surface area (Å²) in [7, 11) is 1.51. The Bertz CT molecular complexity index is 1280. The van der Waals surface area contributed by atoms with Crippen molar-refractivity contribution in [3.05, 3.63) is 82.4 Å². The molecule has 0 aliphatic rings. The van der Waals surface area contributed by atoms with E-state index in [2.05, 4.69) is 11.1 Å². The summed E-state index contributed by atoms with van der Waals surface area (Å²) in [6.07, 6.45) is 0. The van der Waals surface area contributed by atoms with Crippen molar-refractivity contribution in [1.29, 1.82) is 5.26 Å². The maximum Gasteiger partial charge on any atom is 0.161 e. The van der Waals surface area contributed by atoms with Crippen molar-refractivity contribution in [1.82, 2.24) is 9.55 Å². The Morgan fingerprint density at radius 2 is 1.90 bits per heavy atom. The predicted molar refractivity (Wildman–Crippen MR) is 107 cm³/mol. The molecular weight excluding hydrogens is 396 g/mol. The first kappa shape index (κ1) is 18.9. The van der Waals surface area contributed by atoms with Crippen molar-refractivity contribution in [3.8, 4) is 23.2 Å². The molecule has 144 valence electrons. The molecule has 0 atom stereocenters. The summed E-state index contributed by atoms with van der Waals surface area (Å²) in [4.78, 5) is 4.53. The van der Waals surface area contributed by atoms with Crippen molar-refractivity contribution in [2.75, 3.05) is 7.11 Å². The van der Waals surface area contributed by atoms with Crippen LogP contribution >= 0.6 is 11.6 Å². The molecule has 0 N–H and O–H groups in total. The number of fused-ring (bicyclic) bond motifs is 1. The Morgan fingerprint density at radius 1 is 1.10 bits per heavy atom. The second kappa shape index (κ2) is 7.53. The molecule has 1 heterocycles. The van der Waals surface area contributed by atoms with Crippen LogP contribution in [0.2, 0.25) is 5.02 Å². The van der Waals surface area contributed by atoms with Crippen LogP contribution in [-0.2, 0) is 6.54 Å². The Hall–Kier alpha value is -3.43. The van der Waals surface area contributed by atoms with Crippen LogP contribution in [0.5, 0.6) is 5.75 Å². The van der Waals surface area contributed by atoms with Crippen LogP contribution in [-0.4, -0.2) is 16.7 Å². The van der Waals surface area contributed by atoms with Crippen molar-refractivity contribution in [2.45, 2.75) is 6.54 Å². The Balaban J connectivity index is 1.96. The van der Waals surface area contributed by atoms with Gasteiger partial charge in [0.05, 0.1) is 35.3 Å². The van der Waals surface area contributed by atoms with Crippen LogP contribution < -0.4 is 4.74 Å². The number of aromatic nitrogens is 2. The highest BCUT2D eigenvalue weighted by Gasteiger charge is 2.19. The minimum absolute atomic E-state index is 0.304.